The normalized spacial score (nSPS) is 12.0. The third-order valence-corrected chi connectivity index (χ3v) is 5.55. The van der Waals surface area contributed by atoms with Crippen molar-refractivity contribution in [3.8, 4) is 11.5 Å². The summed E-state index contributed by atoms with van der Waals surface area (Å²) in [7, 11) is 3.04. The first-order valence-corrected chi connectivity index (χ1v) is 10.4. The number of nitrogens with zero attached hydrogens (tertiary/aromatic N) is 1. The second kappa shape index (κ2) is 10.2. The number of ether oxygens (including phenoxy) is 2. The molecule has 2 aromatic rings. The number of rotatable bonds is 9. The Morgan fingerprint density at radius 1 is 1.07 bits per heavy atom. The van der Waals surface area contributed by atoms with Gasteiger partial charge in [0.15, 0.2) is 0 Å². The van der Waals surface area contributed by atoms with Gasteiger partial charge in [-0.05, 0) is 18.1 Å². The molecular formula is C21H29N3O4S. The summed E-state index contributed by atoms with van der Waals surface area (Å²) in [6.07, 6.45) is 0. The molecule has 2 N–H and O–H groups in total. The van der Waals surface area contributed by atoms with E-state index in [0.717, 1.165) is 10.7 Å². The predicted octanol–water partition coefficient (Wildman–Crippen LogP) is 3.35. The van der Waals surface area contributed by atoms with Crippen molar-refractivity contribution in [2.75, 3.05) is 14.2 Å². The molecule has 29 heavy (non-hydrogen) atoms. The molecule has 0 aliphatic carbocycles. The van der Waals surface area contributed by atoms with Gasteiger partial charge in [0.1, 0.15) is 17.5 Å². The molecule has 1 atom stereocenters. The van der Waals surface area contributed by atoms with E-state index in [-0.39, 0.29) is 17.7 Å². The van der Waals surface area contributed by atoms with Crippen molar-refractivity contribution in [1.29, 1.82) is 0 Å². The summed E-state index contributed by atoms with van der Waals surface area (Å²) in [6.45, 7) is 8.26. The van der Waals surface area contributed by atoms with Crippen molar-refractivity contribution in [2.45, 2.75) is 46.2 Å². The standard InChI is InChI=1S/C21H29N3O4S/c1-12(2)18(20(26)22-10-15-11-29-21(23-15)13(3)4)24-19(25)14-7-16(27-5)9-17(8-14)28-6/h7-9,11-13,18H,10H2,1-6H3,(H,22,26)(H,24,25). The monoisotopic (exact) mass is 419 g/mol. The van der Waals surface area contributed by atoms with Gasteiger partial charge >= 0.3 is 0 Å². The maximum Gasteiger partial charge on any atom is 0.252 e. The van der Waals surface area contributed by atoms with Crippen LogP contribution in [0, 0.1) is 5.92 Å². The van der Waals surface area contributed by atoms with E-state index >= 15 is 0 Å². The molecule has 1 heterocycles. The quantitative estimate of drug-likeness (QED) is 0.651. The van der Waals surface area contributed by atoms with Crippen LogP contribution in [0.2, 0.25) is 0 Å². The largest absolute Gasteiger partial charge is 0.497 e. The van der Waals surface area contributed by atoms with Gasteiger partial charge in [0.05, 0.1) is 31.5 Å². The maximum atomic E-state index is 12.7. The maximum absolute atomic E-state index is 12.7. The average molecular weight is 420 g/mol. The van der Waals surface area contributed by atoms with Gasteiger partial charge in [0.2, 0.25) is 5.91 Å². The second-order valence-electron chi connectivity index (χ2n) is 7.35. The average Bonchev–Trinajstić information content (AvgIpc) is 3.18. The molecule has 0 aliphatic rings. The highest BCUT2D eigenvalue weighted by atomic mass is 32.1. The van der Waals surface area contributed by atoms with Crippen LogP contribution in [-0.2, 0) is 11.3 Å². The highest BCUT2D eigenvalue weighted by Gasteiger charge is 2.25. The van der Waals surface area contributed by atoms with Crippen LogP contribution in [0.15, 0.2) is 23.6 Å². The number of carbonyl (C=O) groups excluding carboxylic acids is 2. The molecule has 2 amide bonds. The number of hydrogen-bond donors (Lipinski definition) is 2. The van der Waals surface area contributed by atoms with Crippen LogP contribution in [0.25, 0.3) is 0 Å². The van der Waals surface area contributed by atoms with Crippen molar-refractivity contribution in [2.24, 2.45) is 5.92 Å². The lowest BCUT2D eigenvalue weighted by Gasteiger charge is -2.22. The Kier molecular flexibility index (Phi) is 8.01. The molecule has 0 saturated carbocycles. The molecule has 0 radical (unpaired) electrons. The summed E-state index contributed by atoms with van der Waals surface area (Å²) >= 11 is 1.58. The fourth-order valence-electron chi connectivity index (χ4n) is 2.65. The SMILES string of the molecule is COc1cc(OC)cc(C(=O)NC(C(=O)NCc2csc(C(C)C)n2)C(C)C)c1. The Bertz CT molecular complexity index is 826. The molecule has 1 aromatic carbocycles. The summed E-state index contributed by atoms with van der Waals surface area (Å²) in [5.74, 6) is 0.656. The third-order valence-electron chi connectivity index (χ3n) is 4.36. The van der Waals surface area contributed by atoms with Crippen LogP contribution in [0.4, 0.5) is 0 Å². The summed E-state index contributed by atoms with van der Waals surface area (Å²) in [5.41, 5.74) is 1.18. The lowest BCUT2D eigenvalue weighted by atomic mass is 10.0. The zero-order chi connectivity index (χ0) is 21.6. The van der Waals surface area contributed by atoms with E-state index in [9.17, 15) is 9.59 Å². The molecule has 1 aromatic heterocycles. The predicted molar refractivity (Wildman–Crippen MR) is 114 cm³/mol. The highest BCUT2D eigenvalue weighted by Crippen LogP contribution is 2.23. The van der Waals surface area contributed by atoms with E-state index in [2.05, 4.69) is 29.5 Å². The first-order chi connectivity index (χ1) is 13.7. The van der Waals surface area contributed by atoms with Crippen LogP contribution in [0.1, 0.15) is 54.7 Å². The lowest BCUT2D eigenvalue weighted by molar-refractivity contribution is -0.124. The Morgan fingerprint density at radius 3 is 2.17 bits per heavy atom. The summed E-state index contributed by atoms with van der Waals surface area (Å²) < 4.78 is 10.4. The molecule has 158 valence electrons. The van der Waals surface area contributed by atoms with Crippen molar-refractivity contribution in [1.82, 2.24) is 15.6 Å². The molecule has 0 spiro atoms. The number of carbonyl (C=O) groups is 2. The zero-order valence-corrected chi connectivity index (χ0v) is 18.6. The van der Waals surface area contributed by atoms with E-state index in [1.54, 1.807) is 29.5 Å². The van der Waals surface area contributed by atoms with Crippen LogP contribution in [0.5, 0.6) is 11.5 Å². The van der Waals surface area contributed by atoms with E-state index in [4.69, 9.17) is 9.47 Å². The molecule has 8 heteroatoms. The van der Waals surface area contributed by atoms with Crippen LogP contribution >= 0.6 is 11.3 Å². The van der Waals surface area contributed by atoms with Crippen molar-refractivity contribution >= 4 is 23.2 Å². The van der Waals surface area contributed by atoms with Gasteiger partial charge in [-0.2, -0.15) is 0 Å². The molecule has 0 saturated heterocycles. The Morgan fingerprint density at radius 2 is 1.69 bits per heavy atom. The van der Waals surface area contributed by atoms with Crippen molar-refractivity contribution < 1.29 is 19.1 Å². The number of methoxy groups -OCH3 is 2. The van der Waals surface area contributed by atoms with E-state index in [0.29, 0.717) is 29.5 Å². The van der Waals surface area contributed by atoms with Gasteiger partial charge in [-0.15, -0.1) is 11.3 Å². The Hall–Kier alpha value is -2.61. The fourth-order valence-corrected chi connectivity index (χ4v) is 3.49. The fraction of sp³-hybridized carbons (Fsp3) is 0.476. The number of hydrogen-bond acceptors (Lipinski definition) is 6. The van der Waals surface area contributed by atoms with Crippen LogP contribution in [-0.4, -0.2) is 37.1 Å². The first kappa shape index (κ1) is 22.7. The number of benzene rings is 1. The number of nitrogens with one attached hydrogen (secondary N) is 2. The Balaban J connectivity index is 2.06. The topological polar surface area (TPSA) is 89.5 Å². The number of amides is 2. The van der Waals surface area contributed by atoms with Crippen LogP contribution < -0.4 is 20.1 Å². The van der Waals surface area contributed by atoms with Crippen molar-refractivity contribution in [3.05, 3.63) is 39.8 Å². The second-order valence-corrected chi connectivity index (χ2v) is 8.24. The zero-order valence-electron chi connectivity index (χ0n) is 17.7. The van der Waals surface area contributed by atoms with Gasteiger partial charge in [0.25, 0.3) is 5.91 Å². The van der Waals surface area contributed by atoms with Crippen molar-refractivity contribution in [3.63, 3.8) is 0 Å². The molecule has 1 unspecified atom stereocenters. The highest BCUT2D eigenvalue weighted by molar-refractivity contribution is 7.09. The number of aromatic nitrogens is 1. The molecule has 0 fully saturated rings. The first-order valence-electron chi connectivity index (χ1n) is 9.51. The summed E-state index contributed by atoms with van der Waals surface area (Å²) in [6, 6.07) is 4.22. The molecular weight excluding hydrogens is 390 g/mol. The Labute approximate surface area is 175 Å². The minimum Gasteiger partial charge on any atom is -0.497 e. The van der Waals surface area contributed by atoms with E-state index in [1.807, 2.05) is 19.2 Å². The molecule has 2 rings (SSSR count). The van der Waals surface area contributed by atoms with Gasteiger partial charge in [-0.1, -0.05) is 27.7 Å². The van der Waals surface area contributed by atoms with Gasteiger partial charge in [0, 0.05) is 22.9 Å². The molecule has 0 bridgehead atoms. The summed E-state index contributed by atoms with van der Waals surface area (Å²) in [5, 5.41) is 8.67. The van der Waals surface area contributed by atoms with E-state index in [1.165, 1.54) is 14.2 Å². The third kappa shape index (κ3) is 6.19. The number of thiazole rings is 1. The lowest BCUT2D eigenvalue weighted by Crippen LogP contribution is -2.49. The van der Waals surface area contributed by atoms with Gasteiger partial charge in [-0.3, -0.25) is 9.59 Å². The summed E-state index contributed by atoms with van der Waals surface area (Å²) in [4.78, 5) is 30.0. The minimum atomic E-state index is -0.678. The molecule has 0 aliphatic heterocycles. The smallest absolute Gasteiger partial charge is 0.252 e. The van der Waals surface area contributed by atoms with E-state index < -0.39 is 6.04 Å². The molecule has 7 nitrogen and oxygen atoms in total. The van der Waals surface area contributed by atoms with Crippen LogP contribution in [0.3, 0.4) is 0 Å². The minimum absolute atomic E-state index is 0.0897. The van der Waals surface area contributed by atoms with Gasteiger partial charge < -0.3 is 20.1 Å². The van der Waals surface area contributed by atoms with Gasteiger partial charge in [-0.25, -0.2) is 4.98 Å².